The third kappa shape index (κ3) is 5.49. The Bertz CT molecular complexity index is 948. The number of nitrogens with one attached hydrogen (secondary N) is 1. The first kappa shape index (κ1) is 18.8. The van der Waals surface area contributed by atoms with Crippen LogP contribution in [0.25, 0.3) is 0 Å². The van der Waals surface area contributed by atoms with Crippen LogP contribution in [-0.2, 0) is 17.8 Å². The van der Waals surface area contributed by atoms with E-state index < -0.39 is 0 Å². The third-order valence-corrected chi connectivity index (χ3v) is 4.75. The molecule has 0 fully saturated rings. The molecule has 0 saturated heterocycles. The summed E-state index contributed by atoms with van der Waals surface area (Å²) in [5.41, 5.74) is 3.05. The van der Waals surface area contributed by atoms with E-state index in [1.165, 1.54) is 23.8 Å². The van der Waals surface area contributed by atoms with Crippen LogP contribution in [-0.4, -0.2) is 16.7 Å². The summed E-state index contributed by atoms with van der Waals surface area (Å²) in [5, 5.41) is 5.48. The number of benzene rings is 2. The number of amides is 1. The van der Waals surface area contributed by atoms with Crippen LogP contribution in [0.3, 0.4) is 0 Å². The minimum atomic E-state index is -0.174. The number of thiazole rings is 1. The molecule has 3 rings (SSSR count). The molecule has 1 aromatic heterocycles. The number of rotatable bonds is 7. The predicted molar refractivity (Wildman–Crippen MR) is 106 cm³/mol. The summed E-state index contributed by atoms with van der Waals surface area (Å²) in [6.07, 6.45) is 0.172. The van der Waals surface area contributed by atoms with Crippen molar-refractivity contribution in [3.8, 4) is 5.75 Å². The molecule has 0 unspecified atom stereocenters. The SMILES string of the molecule is CC(=O)c1cccc(NC(=O)Cc2csc(COc3ccc(C)cc3)n2)c1. The lowest BCUT2D eigenvalue weighted by Gasteiger charge is -2.05. The highest BCUT2D eigenvalue weighted by molar-refractivity contribution is 7.09. The fourth-order valence-electron chi connectivity index (χ4n) is 2.46. The maximum absolute atomic E-state index is 12.2. The molecule has 0 spiro atoms. The van der Waals surface area contributed by atoms with E-state index in [-0.39, 0.29) is 18.1 Å². The second-order valence-electron chi connectivity index (χ2n) is 6.20. The van der Waals surface area contributed by atoms with Gasteiger partial charge in [-0.15, -0.1) is 11.3 Å². The molecule has 6 heteroatoms. The molecule has 1 amide bonds. The lowest BCUT2D eigenvalue weighted by Crippen LogP contribution is -2.15. The van der Waals surface area contributed by atoms with Gasteiger partial charge in [-0.1, -0.05) is 29.8 Å². The highest BCUT2D eigenvalue weighted by Crippen LogP contribution is 2.17. The monoisotopic (exact) mass is 380 g/mol. The Hall–Kier alpha value is -2.99. The van der Waals surface area contributed by atoms with Crippen molar-refractivity contribution >= 4 is 28.7 Å². The van der Waals surface area contributed by atoms with Gasteiger partial charge in [0.25, 0.3) is 0 Å². The zero-order valence-corrected chi connectivity index (χ0v) is 16.0. The molecule has 0 radical (unpaired) electrons. The Kier molecular flexibility index (Phi) is 5.98. The van der Waals surface area contributed by atoms with Crippen molar-refractivity contribution in [3.63, 3.8) is 0 Å². The minimum absolute atomic E-state index is 0.0381. The largest absolute Gasteiger partial charge is 0.486 e. The molecule has 0 saturated carbocycles. The molecular weight excluding hydrogens is 360 g/mol. The number of carbonyl (C=O) groups is 2. The normalized spacial score (nSPS) is 10.4. The van der Waals surface area contributed by atoms with Crippen molar-refractivity contribution in [1.82, 2.24) is 4.98 Å². The summed E-state index contributed by atoms with van der Waals surface area (Å²) in [6.45, 7) is 3.89. The second-order valence-corrected chi connectivity index (χ2v) is 7.14. The lowest BCUT2D eigenvalue weighted by molar-refractivity contribution is -0.115. The number of ether oxygens (including phenoxy) is 1. The van der Waals surface area contributed by atoms with E-state index in [9.17, 15) is 9.59 Å². The van der Waals surface area contributed by atoms with Crippen LogP contribution in [0.1, 0.15) is 33.5 Å². The third-order valence-electron chi connectivity index (χ3n) is 3.88. The van der Waals surface area contributed by atoms with Crippen molar-refractivity contribution in [3.05, 3.63) is 75.7 Å². The lowest BCUT2D eigenvalue weighted by atomic mass is 10.1. The van der Waals surface area contributed by atoms with Gasteiger partial charge < -0.3 is 10.1 Å². The van der Waals surface area contributed by atoms with Gasteiger partial charge in [-0.25, -0.2) is 4.98 Å². The highest BCUT2D eigenvalue weighted by atomic mass is 32.1. The zero-order chi connectivity index (χ0) is 19.2. The zero-order valence-electron chi connectivity index (χ0n) is 15.2. The van der Waals surface area contributed by atoms with Gasteiger partial charge in [0.1, 0.15) is 17.4 Å². The molecule has 0 aliphatic carbocycles. The first-order valence-electron chi connectivity index (χ1n) is 8.53. The van der Waals surface area contributed by atoms with Crippen molar-refractivity contribution in [2.45, 2.75) is 26.9 Å². The van der Waals surface area contributed by atoms with E-state index in [0.717, 1.165) is 10.8 Å². The van der Waals surface area contributed by atoms with Crippen molar-refractivity contribution in [2.24, 2.45) is 0 Å². The Morgan fingerprint density at radius 3 is 2.67 bits per heavy atom. The van der Waals surface area contributed by atoms with Crippen LogP contribution < -0.4 is 10.1 Å². The molecule has 5 nitrogen and oxygen atoms in total. The van der Waals surface area contributed by atoms with E-state index in [1.54, 1.807) is 24.3 Å². The fourth-order valence-corrected chi connectivity index (χ4v) is 3.17. The maximum atomic E-state index is 12.2. The Labute approximate surface area is 162 Å². The van der Waals surface area contributed by atoms with E-state index in [1.807, 2.05) is 36.6 Å². The van der Waals surface area contributed by atoms with Gasteiger partial charge in [0.05, 0.1) is 12.1 Å². The number of Topliss-reactive ketones (excluding diaryl/α,β-unsaturated/α-hetero) is 1. The molecule has 0 atom stereocenters. The summed E-state index contributed by atoms with van der Waals surface area (Å²) in [5.74, 6) is 0.580. The number of hydrogen-bond acceptors (Lipinski definition) is 5. The summed E-state index contributed by atoms with van der Waals surface area (Å²) in [6, 6.07) is 14.7. The van der Waals surface area contributed by atoms with Gasteiger partial charge in [-0.3, -0.25) is 9.59 Å². The number of hydrogen-bond donors (Lipinski definition) is 1. The topological polar surface area (TPSA) is 68.3 Å². The Morgan fingerprint density at radius 2 is 1.93 bits per heavy atom. The summed E-state index contributed by atoms with van der Waals surface area (Å²) >= 11 is 1.47. The number of aryl methyl sites for hydroxylation is 1. The molecular formula is C21H20N2O3S. The van der Waals surface area contributed by atoms with E-state index in [4.69, 9.17) is 4.74 Å². The number of ketones is 1. The number of anilines is 1. The van der Waals surface area contributed by atoms with Gasteiger partial charge in [-0.2, -0.15) is 0 Å². The van der Waals surface area contributed by atoms with Crippen LogP contribution >= 0.6 is 11.3 Å². The molecule has 138 valence electrons. The van der Waals surface area contributed by atoms with Gasteiger partial charge >= 0.3 is 0 Å². The maximum Gasteiger partial charge on any atom is 0.230 e. The van der Waals surface area contributed by atoms with E-state index >= 15 is 0 Å². The summed E-state index contributed by atoms with van der Waals surface area (Å²) < 4.78 is 5.71. The molecule has 1 N–H and O–H groups in total. The first-order valence-corrected chi connectivity index (χ1v) is 9.41. The molecule has 2 aromatic carbocycles. The quantitative estimate of drug-likeness (QED) is 0.616. The van der Waals surface area contributed by atoms with Crippen LogP contribution in [0.15, 0.2) is 53.9 Å². The number of nitrogens with zero attached hydrogens (tertiary/aromatic N) is 1. The fraction of sp³-hybridized carbons (Fsp3) is 0.190. The van der Waals surface area contributed by atoms with Gasteiger partial charge in [0, 0.05) is 16.6 Å². The minimum Gasteiger partial charge on any atom is -0.486 e. The Balaban J connectivity index is 1.53. The van der Waals surface area contributed by atoms with Gasteiger partial charge in [0.15, 0.2) is 5.78 Å². The van der Waals surface area contributed by atoms with Crippen molar-refractivity contribution in [2.75, 3.05) is 5.32 Å². The molecule has 0 bridgehead atoms. The predicted octanol–water partition coefficient (Wildman–Crippen LogP) is 4.41. The van der Waals surface area contributed by atoms with Crippen LogP contribution in [0.4, 0.5) is 5.69 Å². The van der Waals surface area contributed by atoms with E-state index in [0.29, 0.717) is 23.6 Å². The molecule has 1 heterocycles. The van der Waals surface area contributed by atoms with Crippen LogP contribution in [0, 0.1) is 6.92 Å². The van der Waals surface area contributed by atoms with Crippen molar-refractivity contribution < 1.29 is 14.3 Å². The average Bonchev–Trinajstić information content (AvgIpc) is 3.08. The van der Waals surface area contributed by atoms with Crippen LogP contribution in [0.2, 0.25) is 0 Å². The number of carbonyl (C=O) groups excluding carboxylic acids is 2. The molecule has 0 aliphatic heterocycles. The number of aromatic nitrogens is 1. The molecule has 0 aliphatic rings. The van der Waals surface area contributed by atoms with E-state index in [2.05, 4.69) is 10.3 Å². The summed E-state index contributed by atoms with van der Waals surface area (Å²) in [7, 11) is 0. The average molecular weight is 380 g/mol. The molecule has 27 heavy (non-hydrogen) atoms. The van der Waals surface area contributed by atoms with Crippen molar-refractivity contribution in [1.29, 1.82) is 0 Å². The van der Waals surface area contributed by atoms with Gasteiger partial charge in [0.2, 0.25) is 5.91 Å². The Morgan fingerprint density at radius 1 is 1.15 bits per heavy atom. The first-order chi connectivity index (χ1) is 13.0. The second kappa shape index (κ2) is 8.60. The standard InChI is InChI=1S/C21H20N2O3S/c1-14-6-8-19(9-7-14)26-12-21-23-18(13-27-21)11-20(25)22-17-5-3-4-16(10-17)15(2)24/h3-10,13H,11-12H2,1-2H3,(H,22,25). The summed E-state index contributed by atoms with van der Waals surface area (Å²) in [4.78, 5) is 28.1. The molecule has 3 aromatic rings. The van der Waals surface area contributed by atoms with Crippen LogP contribution in [0.5, 0.6) is 5.75 Å². The smallest absolute Gasteiger partial charge is 0.230 e. The highest BCUT2D eigenvalue weighted by Gasteiger charge is 2.10. The van der Waals surface area contributed by atoms with Gasteiger partial charge in [-0.05, 0) is 38.1 Å².